The fourth-order valence-electron chi connectivity index (χ4n) is 1.98. The number of nitrogens with two attached hydrogens (primary N) is 1. The Morgan fingerprint density at radius 2 is 2.05 bits per heavy atom. The van der Waals surface area contributed by atoms with Crippen LogP contribution in [0.25, 0.3) is 0 Å². The molecule has 0 saturated heterocycles. The fraction of sp³-hybridized carbons (Fsp3) is 0.533. The van der Waals surface area contributed by atoms with Crippen LogP contribution >= 0.6 is 12.4 Å². The Balaban J connectivity index is 0.00000361. The van der Waals surface area contributed by atoms with E-state index in [9.17, 15) is 4.79 Å². The molecule has 5 heteroatoms. The molecule has 1 atom stereocenters. The lowest BCUT2D eigenvalue weighted by molar-refractivity contribution is -0.121. The van der Waals surface area contributed by atoms with E-state index in [0.717, 1.165) is 24.2 Å². The molecule has 3 N–H and O–H groups in total. The molecule has 1 aromatic carbocycles. The van der Waals surface area contributed by atoms with Gasteiger partial charge < -0.3 is 15.8 Å². The molecule has 1 unspecified atom stereocenters. The molecule has 0 aliphatic heterocycles. The molecular weight excluding hydrogens is 276 g/mol. The summed E-state index contributed by atoms with van der Waals surface area (Å²) in [5.74, 6) is 0.888. The van der Waals surface area contributed by atoms with Gasteiger partial charge in [-0.2, -0.15) is 0 Å². The predicted octanol–water partition coefficient (Wildman–Crippen LogP) is 2.81. The SMILES string of the molecule is CCOc1ccccc1C(CC)NC(=O)CCCN.Cl. The summed E-state index contributed by atoms with van der Waals surface area (Å²) in [6, 6.07) is 7.84. The zero-order chi connectivity index (χ0) is 14.1. The van der Waals surface area contributed by atoms with Crippen molar-refractivity contribution in [3.63, 3.8) is 0 Å². The second-order valence-corrected chi connectivity index (χ2v) is 4.39. The van der Waals surface area contributed by atoms with Crippen molar-refractivity contribution in [2.75, 3.05) is 13.2 Å². The van der Waals surface area contributed by atoms with E-state index in [-0.39, 0.29) is 24.4 Å². The second-order valence-electron chi connectivity index (χ2n) is 4.39. The Bertz CT molecular complexity index is 399. The van der Waals surface area contributed by atoms with Crippen LogP contribution in [0, 0.1) is 0 Å². The molecule has 1 rings (SSSR count). The normalized spacial score (nSPS) is 11.3. The van der Waals surface area contributed by atoms with Gasteiger partial charge in [0.25, 0.3) is 0 Å². The molecule has 0 bridgehead atoms. The topological polar surface area (TPSA) is 64.3 Å². The van der Waals surface area contributed by atoms with Crippen LogP contribution in [0.4, 0.5) is 0 Å². The first-order chi connectivity index (χ1) is 9.22. The van der Waals surface area contributed by atoms with E-state index in [1.807, 2.05) is 31.2 Å². The van der Waals surface area contributed by atoms with Gasteiger partial charge in [-0.1, -0.05) is 25.1 Å². The van der Waals surface area contributed by atoms with Crippen LogP contribution in [0.2, 0.25) is 0 Å². The van der Waals surface area contributed by atoms with E-state index in [1.165, 1.54) is 0 Å². The molecule has 0 radical (unpaired) electrons. The average Bonchev–Trinajstić information content (AvgIpc) is 2.43. The Morgan fingerprint density at radius 1 is 1.35 bits per heavy atom. The van der Waals surface area contributed by atoms with Crippen molar-refractivity contribution in [2.45, 2.75) is 39.2 Å². The number of rotatable bonds is 8. The molecule has 0 aliphatic rings. The van der Waals surface area contributed by atoms with Crippen molar-refractivity contribution in [2.24, 2.45) is 5.73 Å². The van der Waals surface area contributed by atoms with Gasteiger partial charge in [0.05, 0.1) is 12.6 Å². The van der Waals surface area contributed by atoms with Crippen LogP contribution in [-0.2, 0) is 4.79 Å². The highest BCUT2D eigenvalue weighted by molar-refractivity contribution is 5.85. The van der Waals surface area contributed by atoms with Crippen LogP contribution in [-0.4, -0.2) is 19.1 Å². The first-order valence-electron chi connectivity index (χ1n) is 6.94. The van der Waals surface area contributed by atoms with Crippen molar-refractivity contribution in [3.8, 4) is 5.75 Å². The highest BCUT2D eigenvalue weighted by Gasteiger charge is 2.16. The number of carbonyl (C=O) groups is 1. The molecule has 0 spiro atoms. The van der Waals surface area contributed by atoms with Gasteiger partial charge in [-0.25, -0.2) is 0 Å². The molecule has 0 aliphatic carbocycles. The van der Waals surface area contributed by atoms with E-state index in [0.29, 0.717) is 19.6 Å². The van der Waals surface area contributed by atoms with Crippen molar-refractivity contribution in [1.29, 1.82) is 0 Å². The molecule has 20 heavy (non-hydrogen) atoms. The van der Waals surface area contributed by atoms with Crippen LogP contribution in [0.1, 0.15) is 44.7 Å². The van der Waals surface area contributed by atoms with Crippen molar-refractivity contribution < 1.29 is 9.53 Å². The van der Waals surface area contributed by atoms with Crippen molar-refractivity contribution in [3.05, 3.63) is 29.8 Å². The number of amides is 1. The van der Waals surface area contributed by atoms with Crippen LogP contribution in [0.3, 0.4) is 0 Å². The fourth-order valence-corrected chi connectivity index (χ4v) is 1.98. The third-order valence-corrected chi connectivity index (χ3v) is 2.95. The minimum atomic E-state index is -0.00646. The summed E-state index contributed by atoms with van der Waals surface area (Å²) in [7, 11) is 0. The van der Waals surface area contributed by atoms with Gasteiger partial charge in [-0.05, 0) is 32.4 Å². The summed E-state index contributed by atoms with van der Waals surface area (Å²) in [6.07, 6.45) is 2.03. The highest BCUT2D eigenvalue weighted by atomic mass is 35.5. The molecule has 0 saturated carbocycles. The average molecular weight is 301 g/mol. The zero-order valence-electron chi connectivity index (χ0n) is 12.2. The minimum Gasteiger partial charge on any atom is -0.494 e. The lowest BCUT2D eigenvalue weighted by atomic mass is 10.0. The summed E-state index contributed by atoms with van der Waals surface area (Å²) < 4.78 is 5.61. The molecule has 4 nitrogen and oxygen atoms in total. The van der Waals surface area contributed by atoms with Crippen molar-refractivity contribution >= 4 is 18.3 Å². The number of carbonyl (C=O) groups excluding carboxylic acids is 1. The lowest BCUT2D eigenvalue weighted by Crippen LogP contribution is -2.28. The van der Waals surface area contributed by atoms with E-state index in [1.54, 1.807) is 0 Å². The zero-order valence-corrected chi connectivity index (χ0v) is 13.0. The largest absolute Gasteiger partial charge is 0.494 e. The maximum Gasteiger partial charge on any atom is 0.220 e. The van der Waals surface area contributed by atoms with Crippen molar-refractivity contribution in [1.82, 2.24) is 5.32 Å². The Labute approximate surface area is 127 Å². The Hall–Kier alpha value is -1.26. The number of benzene rings is 1. The number of ether oxygens (including phenoxy) is 1. The summed E-state index contributed by atoms with van der Waals surface area (Å²) in [6.45, 7) is 5.17. The predicted molar refractivity (Wildman–Crippen MR) is 84.3 cm³/mol. The number of para-hydroxylation sites is 1. The maximum absolute atomic E-state index is 11.8. The van der Waals surface area contributed by atoms with Gasteiger partial charge in [0, 0.05) is 12.0 Å². The van der Waals surface area contributed by atoms with E-state index < -0.39 is 0 Å². The van der Waals surface area contributed by atoms with E-state index in [2.05, 4.69) is 12.2 Å². The summed E-state index contributed by atoms with van der Waals surface area (Å²) >= 11 is 0. The number of nitrogens with one attached hydrogen (secondary N) is 1. The number of hydrogen-bond donors (Lipinski definition) is 2. The summed E-state index contributed by atoms with van der Waals surface area (Å²) in [5, 5.41) is 3.04. The first kappa shape index (κ1) is 18.7. The molecule has 0 aromatic heterocycles. The lowest BCUT2D eigenvalue weighted by Gasteiger charge is -2.20. The van der Waals surface area contributed by atoms with Gasteiger partial charge in [0.15, 0.2) is 0 Å². The smallest absolute Gasteiger partial charge is 0.220 e. The summed E-state index contributed by atoms with van der Waals surface area (Å²) in [5.41, 5.74) is 6.45. The Morgan fingerprint density at radius 3 is 2.65 bits per heavy atom. The standard InChI is InChI=1S/C15H24N2O2.ClH/c1-3-13(17-15(18)10-7-11-16)12-8-5-6-9-14(12)19-4-2;/h5-6,8-9,13H,3-4,7,10-11,16H2,1-2H3,(H,17,18);1H. The van der Waals surface area contributed by atoms with Gasteiger partial charge >= 0.3 is 0 Å². The quantitative estimate of drug-likeness (QED) is 0.776. The maximum atomic E-state index is 11.8. The third-order valence-electron chi connectivity index (χ3n) is 2.95. The molecule has 0 heterocycles. The second kappa shape index (κ2) is 10.5. The Kier molecular flexibility index (Phi) is 9.86. The minimum absolute atomic E-state index is 0. The molecule has 0 fully saturated rings. The number of hydrogen-bond acceptors (Lipinski definition) is 3. The van der Waals surface area contributed by atoms with E-state index in [4.69, 9.17) is 10.5 Å². The van der Waals surface area contributed by atoms with Gasteiger partial charge in [0.2, 0.25) is 5.91 Å². The van der Waals surface area contributed by atoms with E-state index >= 15 is 0 Å². The monoisotopic (exact) mass is 300 g/mol. The van der Waals surface area contributed by atoms with Gasteiger partial charge in [0.1, 0.15) is 5.75 Å². The van der Waals surface area contributed by atoms with Crippen LogP contribution in [0.15, 0.2) is 24.3 Å². The molecule has 1 amide bonds. The summed E-state index contributed by atoms with van der Waals surface area (Å²) in [4.78, 5) is 11.8. The van der Waals surface area contributed by atoms with Crippen LogP contribution < -0.4 is 15.8 Å². The highest BCUT2D eigenvalue weighted by Crippen LogP contribution is 2.27. The third kappa shape index (κ3) is 5.80. The van der Waals surface area contributed by atoms with Gasteiger partial charge in [-0.3, -0.25) is 4.79 Å². The first-order valence-corrected chi connectivity index (χ1v) is 6.94. The molecular formula is C15H25ClN2O2. The van der Waals surface area contributed by atoms with Gasteiger partial charge in [-0.15, -0.1) is 12.4 Å². The molecule has 1 aromatic rings. The number of halogens is 1. The molecule has 114 valence electrons. The van der Waals surface area contributed by atoms with Crippen LogP contribution in [0.5, 0.6) is 5.75 Å².